The van der Waals surface area contributed by atoms with E-state index in [1.807, 2.05) is 30.3 Å². The molecule has 0 saturated heterocycles. The topological polar surface area (TPSA) is 85.2 Å². The zero-order valence-electron chi connectivity index (χ0n) is 16.9. The quantitative estimate of drug-likeness (QED) is 0.535. The average Bonchev–Trinajstić information content (AvgIpc) is 2.65. The number of carbonyl (C=O) groups excluding carboxylic acids is 1. The van der Waals surface area contributed by atoms with Gasteiger partial charge in [-0.15, -0.1) is 0 Å². The fourth-order valence-corrected chi connectivity index (χ4v) is 2.32. The number of ether oxygens (including phenoxy) is 2. The van der Waals surface area contributed by atoms with Gasteiger partial charge in [0.25, 0.3) is 0 Å². The Kier molecular flexibility index (Phi) is 6.88. The Morgan fingerprint density at radius 1 is 1.07 bits per heavy atom. The van der Waals surface area contributed by atoms with Gasteiger partial charge < -0.3 is 24.3 Å². The molecule has 150 valence electrons. The van der Waals surface area contributed by atoms with E-state index < -0.39 is 24.3 Å². The van der Waals surface area contributed by atoms with Crippen molar-refractivity contribution in [2.75, 3.05) is 7.11 Å². The molecule has 0 atom stereocenters. The summed E-state index contributed by atoms with van der Waals surface area (Å²) < 4.78 is 16.3. The Morgan fingerprint density at radius 2 is 1.71 bits per heavy atom. The maximum atomic E-state index is 12.1. The summed E-state index contributed by atoms with van der Waals surface area (Å²) in [7, 11) is -0.0201. The molecule has 7 heteroatoms. The van der Waals surface area contributed by atoms with Crippen LogP contribution < -0.4 is 10.2 Å². The molecule has 2 N–H and O–H groups in total. The number of esters is 1. The molecule has 0 aromatic heterocycles. The zero-order valence-corrected chi connectivity index (χ0v) is 16.9. The molecule has 2 rings (SSSR count). The third-order valence-corrected chi connectivity index (χ3v) is 4.81. The second-order valence-electron chi connectivity index (χ2n) is 7.56. The number of hydrogen-bond acceptors (Lipinski definition) is 6. The molecular formula is C21H27BO6. The van der Waals surface area contributed by atoms with Crippen LogP contribution >= 0.6 is 0 Å². The van der Waals surface area contributed by atoms with Crippen molar-refractivity contribution in [2.45, 2.75) is 45.5 Å². The molecule has 0 aliphatic rings. The minimum Gasteiger partial charge on any atom is -0.488 e. The first-order valence-electron chi connectivity index (χ1n) is 9.02. The lowest BCUT2D eigenvalue weighted by Gasteiger charge is -2.38. The van der Waals surface area contributed by atoms with Crippen LogP contribution in [0.4, 0.5) is 0 Å². The lowest BCUT2D eigenvalue weighted by molar-refractivity contribution is -0.0982. The van der Waals surface area contributed by atoms with Crippen molar-refractivity contribution in [1.29, 1.82) is 0 Å². The summed E-state index contributed by atoms with van der Waals surface area (Å²) in [5.41, 5.74) is -0.613. The van der Waals surface area contributed by atoms with Gasteiger partial charge in [-0.05, 0) is 50.9 Å². The van der Waals surface area contributed by atoms with Crippen molar-refractivity contribution < 1.29 is 29.1 Å². The predicted molar refractivity (Wildman–Crippen MR) is 108 cm³/mol. The number of rotatable bonds is 8. The SMILES string of the molecule is COC(=O)c1ccc(B(O)OC(C)(C)C(C)(C)O)cc1OCc1ccccc1. The monoisotopic (exact) mass is 386 g/mol. The molecule has 2 aromatic rings. The summed E-state index contributed by atoms with van der Waals surface area (Å²) >= 11 is 0. The summed E-state index contributed by atoms with van der Waals surface area (Å²) in [6, 6.07) is 14.1. The van der Waals surface area contributed by atoms with Crippen molar-refractivity contribution in [3.05, 3.63) is 59.7 Å². The Hall–Kier alpha value is -2.35. The number of methoxy groups -OCH3 is 1. The van der Waals surface area contributed by atoms with Crippen LogP contribution in [0.25, 0.3) is 0 Å². The van der Waals surface area contributed by atoms with Crippen molar-refractivity contribution in [1.82, 2.24) is 0 Å². The third-order valence-electron chi connectivity index (χ3n) is 4.81. The van der Waals surface area contributed by atoms with Gasteiger partial charge in [0, 0.05) is 0 Å². The maximum absolute atomic E-state index is 12.1. The zero-order chi connectivity index (χ0) is 20.9. The van der Waals surface area contributed by atoms with Gasteiger partial charge in [0.05, 0.1) is 18.3 Å². The minimum atomic E-state index is -1.31. The van der Waals surface area contributed by atoms with E-state index in [2.05, 4.69) is 0 Å². The first-order chi connectivity index (χ1) is 13.0. The molecule has 0 fully saturated rings. The van der Waals surface area contributed by atoms with E-state index in [1.54, 1.807) is 39.8 Å². The minimum absolute atomic E-state index is 0.246. The molecule has 2 aromatic carbocycles. The highest BCUT2D eigenvalue weighted by Crippen LogP contribution is 2.26. The summed E-state index contributed by atoms with van der Waals surface area (Å²) in [6.45, 7) is 6.83. The van der Waals surface area contributed by atoms with Gasteiger partial charge in [-0.3, -0.25) is 0 Å². The Bertz CT molecular complexity index is 798. The van der Waals surface area contributed by atoms with Gasteiger partial charge in [0.2, 0.25) is 0 Å². The normalized spacial score (nSPS) is 11.8. The van der Waals surface area contributed by atoms with Crippen LogP contribution in [0.5, 0.6) is 5.75 Å². The van der Waals surface area contributed by atoms with Gasteiger partial charge in [-0.2, -0.15) is 0 Å². The summed E-state index contributed by atoms with van der Waals surface area (Å²) in [5, 5.41) is 20.7. The molecule has 0 aliphatic heterocycles. The van der Waals surface area contributed by atoms with E-state index >= 15 is 0 Å². The number of hydrogen-bond donors (Lipinski definition) is 2. The van der Waals surface area contributed by atoms with Crippen molar-refractivity contribution in [3.63, 3.8) is 0 Å². The molecule has 0 amide bonds. The second-order valence-corrected chi connectivity index (χ2v) is 7.56. The Labute approximate surface area is 166 Å². The van der Waals surface area contributed by atoms with Gasteiger partial charge in [0.1, 0.15) is 17.9 Å². The van der Waals surface area contributed by atoms with Crippen LogP contribution in [0.15, 0.2) is 48.5 Å². The third kappa shape index (κ3) is 5.35. The summed E-state index contributed by atoms with van der Waals surface area (Å²) in [4.78, 5) is 12.1. The van der Waals surface area contributed by atoms with E-state index in [9.17, 15) is 14.9 Å². The predicted octanol–water partition coefficient (Wildman–Crippen LogP) is 2.31. The van der Waals surface area contributed by atoms with E-state index in [1.165, 1.54) is 13.2 Å². The van der Waals surface area contributed by atoms with E-state index in [0.29, 0.717) is 5.46 Å². The van der Waals surface area contributed by atoms with Gasteiger partial charge in [-0.1, -0.05) is 36.4 Å². The Balaban J connectivity index is 2.27. The summed E-state index contributed by atoms with van der Waals surface area (Å²) in [6.07, 6.45) is 0. The molecule has 0 bridgehead atoms. The number of carbonyl (C=O) groups is 1. The molecular weight excluding hydrogens is 359 g/mol. The summed E-state index contributed by atoms with van der Waals surface area (Å²) in [5.74, 6) is -0.265. The molecule has 6 nitrogen and oxygen atoms in total. The molecule has 0 saturated carbocycles. The lowest BCUT2D eigenvalue weighted by Crippen LogP contribution is -2.53. The van der Waals surface area contributed by atoms with E-state index in [4.69, 9.17) is 14.1 Å². The molecule has 0 spiro atoms. The standard InChI is InChI=1S/C21H27BO6/c1-20(2,24)21(3,4)28-22(25)16-11-12-17(19(23)26-5)18(13-16)27-14-15-9-7-6-8-10-15/h6-13,24-25H,14H2,1-5H3. The highest BCUT2D eigenvalue weighted by atomic mass is 16.5. The second kappa shape index (κ2) is 8.77. The van der Waals surface area contributed by atoms with Crippen LogP contribution in [0.3, 0.4) is 0 Å². The molecule has 0 heterocycles. The van der Waals surface area contributed by atoms with Gasteiger partial charge >= 0.3 is 13.1 Å². The fourth-order valence-electron chi connectivity index (χ4n) is 2.32. The number of aliphatic hydroxyl groups is 1. The van der Waals surface area contributed by atoms with Crippen LogP contribution in [-0.4, -0.2) is 41.5 Å². The van der Waals surface area contributed by atoms with Crippen molar-refractivity contribution in [2.24, 2.45) is 0 Å². The molecule has 28 heavy (non-hydrogen) atoms. The largest absolute Gasteiger partial charge is 0.491 e. The van der Waals surface area contributed by atoms with Crippen molar-refractivity contribution >= 4 is 18.6 Å². The van der Waals surface area contributed by atoms with Crippen LogP contribution in [-0.2, 0) is 16.0 Å². The smallest absolute Gasteiger partial charge is 0.488 e. The average molecular weight is 386 g/mol. The van der Waals surface area contributed by atoms with E-state index in [-0.39, 0.29) is 17.9 Å². The van der Waals surface area contributed by atoms with Crippen LogP contribution in [0.2, 0.25) is 0 Å². The van der Waals surface area contributed by atoms with Crippen LogP contribution in [0.1, 0.15) is 43.6 Å². The lowest BCUT2D eigenvalue weighted by atomic mass is 9.76. The highest BCUT2D eigenvalue weighted by molar-refractivity contribution is 6.60. The molecule has 0 aliphatic carbocycles. The van der Waals surface area contributed by atoms with E-state index in [0.717, 1.165) is 5.56 Å². The fraction of sp³-hybridized carbons (Fsp3) is 0.381. The first kappa shape index (κ1) is 21.9. The van der Waals surface area contributed by atoms with Crippen LogP contribution in [0, 0.1) is 0 Å². The van der Waals surface area contributed by atoms with Gasteiger partial charge in [0.15, 0.2) is 0 Å². The molecule has 0 unspecified atom stereocenters. The highest BCUT2D eigenvalue weighted by Gasteiger charge is 2.39. The maximum Gasteiger partial charge on any atom is 0.491 e. The van der Waals surface area contributed by atoms with Crippen molar-refractivity contribution in [3.8, 4) is 5.75 Å². The van der Waals surface area contributed by atoms with Gasteiger partial charge in [-0.25, -0.2) is 4.79 Å². The Morgan fingerprint density at radius 3 is 2.29 bits per heavy atom. The molecule has 0 radical (unpaired) electrons. The first-order valence-corrected chi connectivity index (χ1v) is 9.02. The number of benzene rings is 2.